The van der Waals surface area contributed by atoms with Gasteiger partial charge in [0.15, 0.2) is 11.5 Å². The highest BCUT2D eigenvalue weighted by atomic mass is 79.9. The Hall–Kier alpha value is -2.23. The summed E-state index contributed by atoms with van der Waals surface area (Å²) >= 11 is 5.27. The fourth-order valence-electron chi connectivity index (χ4n) is 4.31. The first-order valence-electron chi connectivity index (χ1n) is 10.6. The van der Waals surface area contributed by atoms with Crippen molar-refractivity contribution in [3.63, 3.8) is 0 Å². The highest BCUT2D eigenvalue weighted by Gasteiger charge is 2.44. The number of carbonyl (C=O) groups excluding carboxylic acids is 2. The van der Waals surface area contributed by atoms with E-state index in [1.165, 1.54) is 0 Å². The third kappa shape index (κ3) is 4.33. The Balaban J connectivity index is 1.13. The average Bonchev–Trinajstić information content (AvgIpc) is 3.45. The van der Waals surface area contributed by atoms with E-state index in [0.717, 1.165) is 34.4 Å². The van der Waals surface area contributed by atoms with Crippen LogP contribution in [0.5, 0.6) is 11.5 Å². The van der Waals surface area contributed by atoms with Crippen LogP contribution in [0, 0.1) is 0 Å². The molecule has 32 heavy (non-hydrogen) atoms. The van der Waals surface area contributed by atoms with Crippen molar-refractivity contribution in [3.8, 4) is 11.5 Å². The molecular formula is C23H24BrN3O4S. The molecule has 7 nitrogen and oxygen atoms in total. The number of hydrogen-bond acceptors (Lipinski definition) is 6. The van der Waals surface area contributed by atoms with Crippen molar-refractivity contribution in [2.24, 2.45) is 0 Å². The monoisotopic (exact) mass is 517 g/mol. The molecule has 1 atom stereocenters. The predicted molar refractivity (Wildman–Crippen MR) is 126 cm³/mol. The van der Waals surface area contributed by atoms with Crippen LogP contribution in [0.25, 0.3) is 0 Å². The highest BCUT2D eigenvalue weighted by Crippen LogP contribution is 2.39. The molecular weight excluding hydrogens is 494 g/mol. The van der Waals surface area contributed by atoms with E-state index in [1.807, 2.05) is 47.4 Å². The standard InChI is InChI=1S/C23H24BrN3O4S/c24-17-4-2-1-3-16(17)22(29)27-9-7-23(8-10-27)26-18(13-32-23)21(28)25-12-15-5-6-19-20(11-15)31-14-30-19/h1-6,11,18,26H,7-10,12-14H2,(H,25,28). The molecule has 2 aromatic carbocycles. The van der Waals surface area contributed by atoms with Crippen LogP contribution >= 0.6 is 27.7 Å². The maximum absolute atomic E-state index is 12.9. The van der Waals surface area contributed by atoms with Crippen LogP contribution in [0.15, 0.2) is 46.9 Å². The second-order valence-corrected chi connectivity index (χ2v) is 10.4. The van der Waals surface area contributed by atoms with Gasteiger partial charge in [0.2, 0.25) is 12.7 Å². The minimum atomic E-state index is -0.237. The van der Waals surface area contributed by atoms with Crippen LogP contribution in [0.3, 0.4) is 0 Å². The molecule has 3 heterocycles. The Morgan fingerprint density at radius 2 is 1.94 bits per heavy atom. The molecule has 1 unspecified atom stereocenters. The molecule has 9 heteroatoms. The maximum Gasteiger partial charge on any atom is 0.255 e. The number of hydrogen-bond donors (Lipinski definition) is 2. The molecule has 3 aliphatic rings. The van der Waals surface area contributed by atoms with Crippen molar-refractivity contribution in [2.75, 3.05) is 25.6 Å². The molecule has 2 aromatic rings. The van der Waals surface area contributed by atoms with E-state index in [-0.39, 0.29) is 29.5 Å². The van der Waals surface area contributed by atoms with Gasteiger partial charge in [0, 0.05) is 29.9 Å². The maximum atomic E-state index is 12.9. The van der Waals surface area contributed by atoms with Gasteiger partial charge in [0.1, 0.15) is 0 Å². The number of halogens is 1. The number of ether oxygens (including phenoxy) is 2. The van der Waals surface area contributed by atoms with Gasteiger partial charge >= 0.3 is 0 Å². The minimum absolute atomic E-state index is 0.00114. The molecule has 2 saturated heterocycles. The summed E-state index contributed by atoms with van der Waals surface area (Å²) in [6.07, 6.45) is 1.64. The van der Waals surface area contributed by atoms with E-state index in [9.17, 15) is 9.59 Å². The van der Waals surface area contributed by atoms with E-state index in [2.05, 4.69) is 26.6 Å². The van der Waals surface area contributed by atoms with Gasteiger partial charge in [-0.1, -0.05) is 18.2 Å². The van der Waals surface area contributed by atoms with E-state index in [4.69, 9.17) is 9.47 Å². The normalized spacial score (nSPS) is 21.0. The minimum Gasteiger partial charge on any atom is -0.454 e. The average molecular weight is 518 g/mol. The quantitative estimate of drug-likeness (QED) is 0.648. The summed E-state index contributed by atoms with van der Waals surface area (Å²) in [5.74, 6) is 2.23. The first-order valence-corrected chi connectivity index (χ1v) is 12.4. The van der Waals surface area contributed by atoms with Gasteiger partial charge in [-0.25, -0.2) is 0 Å². The number of nitrogens with one attached hydrogen (secondary N) is 2. The molecule has 3 aliphatic heterocycles. The van der Waals surface area contributed by atoms with E-state index >= 15 is 0 Å². The molecule has 168 valence electrons. The molecule has 5 rings (SSSR count). The van der Waals surface area contributed by atoms with Crippen molar-refractivity contribution in [3.05, 3.63) is 58.1 Å². The van der Waals surface area contributed by atoms with E-state index < -0.39 is 0 Å². The summed E-state index contributed by atoms with van der Waals surface area (Å²) in [4.78, 5) is 27.4. The second kappa shape index (κ2) is 8.96. The van der Waals surface area contributed by atoms with Crippen LogP contribution in [0.2, 0.25) is 0 Å². The molecule has 2 N–H and O–H groups in total. The Morgan fingerprint density at radius 3 is 2.75 bits per heavy atom. The Bertz CT molecular complexity index is 1040. The van der Waals surface area contributed by atoms with E-state index in [1.54, 1.807) is 11.8 Å². The number of fused-ring (bicyclic) bond motifs is 1. The largest absolute Gasteiger partial charge is 0.454 e. The number of rotatable bonds is 4. The smallest absolute Gasteiger partial charge is 0.255 e. The van der Waals surface area contributed by atoms with Crippen molar-refractivity contribution < 1.29 is 19.1 Å². The van der Waals surface area contributed by atoms with Gasteiger partial charge in [-0.05, 0) is 58.6 Å². The SMILES string of the molecule is O=C(NCc1ccc2c(c1)OCO2)C1CSC2(CCN(C(=O)c3ccccc3Br)CC2)N1. The number of amides is 2. The van der Waals surface area contributed by atoms with Crippen LogP contribution in [-0.2, 0) is 11.3 Å². The van der Waals surface area contributed by atoms with Gasteiger partial charge in [-0.15, -0.1) is 11.8 Å². The van der Waals surface area contributed by atoms with Crippen LogP contribution in [0.4, 0.5) is 0 Å². The number of piperidine rings is 1. The van der Waals surface area contributed by atoms with Crippen LogP contribution in [0.1, 0.15) is 28.8 Å². The lowest BCUT2D eigenvalue weighted by molar-refractivity contribution is -0.122. The molecule has 2 amide bonds. The van der Waals surface area contributed by atoms with Crippen molar-refractivity contribution in [2.45, 2.75) is 30.3 Å². The summed E-state index contributed by atoms with van der Waals surface area (Å²) in [7, 11) is 0. The number of thioether (sulfide) groups is 1. The topological polar surface area (TPSA) is 79.9 Å². The summed E-state index contributed by atoms with van der Waals surface area (Å²) in [5.41, 5.74) is 1.66. The summed E-state index contributed by atoms with van der Waals surface area (Å²) < 4.78 is 11.5. The Morgan fingerprint density at radius 1 is 1.16 bits per heavy atom. The lowest BCUT2D eigenvalue weighted by atomic mass is 10.0. The molecule has 2 fully saturated rings. The fraction of sp³-hybridized carbons (Fsp3) is 0.391. The third-order valence-electron chi connectivity index (χ3n) is 6.15. The Labute approximate surface area is 199 Å². The summed E-state index contributed by atoms with van der Waals surface area (Å²) in [6, 6.07) is 13.0. The van der Waals surface area contributed by atoms with Gasteiger partial charge in [-0.3, -0.25) is 14.9 Å². The van der Waals surface area contributed by atoms with Crippen LogP contribution in [-0.4, -0.2) is 53.3 Å². The second-order valence-electron chi connectivity index (χ2n) is 8.18. The van der Waals surface area contributed by atoms with Gasteiger partial charge in [0.25, 0.3) is 5.91 Å². The summed E-state index contributed by atoms with van der Waals surface area (Å²) in [5, 5.41) is 6.58. The van der Waals surface area contributed by atoms with Crippen molar-refractivity contribution >= 4 is 39.5 Å². The van der Waals surface area contributed by atoms with Crippen LogP contribution < -0.4 is 20.1 Å². The molecule has 0 bridgehead atoms. The third-order valence-corrected chi connectivity index (χ3v) is 8.42. The zero-order valence-electron chi connectivity index (χ0n) is 17.4. The lowest BCUT2D eigenvalue weighted by Gasteiger charge is -2.39. The highest BCUT2D eigenvalue weighted by molar-refractivity contribution is 9.10. The number of nitrogens with zero attached hydrogens (tertiary/aromatic N) is 1. The van der Waals surface area contributed by atoms with Gasteiger partial charge < -0.3 is 19.7 Å². The Kier molecular flexibility index (Phi) is 6.05. The predicted octanol–water partition coefficient (Wildman–Crippen LogP) is 3.13. The molecule has 0 aromatic heterocycles. The molecule has 0 aliphatic carbocycles. The lowest BCUT2D eigenvalue weighted by Crippen LogP contribution is -2.54. The first kappa shape index (κ1) is 21.6. The zero-order valence-corrected chi connectivity index (χ0v) is 19.8. The molecule has 0 radical (unpaired) electrons. The molecule has 0 saturated carbocycles. The van der Waals surface area contributed by atoms with Gasteiger partial charge in [-0.2, -0.15) is 0 Å². The first-order chi connectivity index (χ1) is 15.5. The summed E-state index contributed by atoms with van der Waals surface area (Å²) in [6.45, 7) is 2.03. The van der Waals surface area contributed by atoms with Crippen molar-refractivity contribution in [1.82, 2.24) is 15.5 Å². The van der Waals surface area contributed by atoms with Gasteiger partial charge in [0.05, 0.1) is 16.5 Å². The van der Waals surface area contributed by atoms with Crippen molar-refractivity contribution in [1.29, 1.82) is 0 Å². The fourth-order valence-corrected chi connectivity index (χ4v) is 6.18. The number of benzene rings is 2. The number of likely N-dealkylation sites (tertiary alicyclic amines) is 1. The number of carbonyl (C=O) groups is 2. The molecule has 1 spiro atoms. The zero-order chi connectivity index (χ0) is 22.1. The van der Waals surface area contributed by atoms with E-state index in [0.29, 0.717) is 30.9 Å².